The Morgan fingerprint density at radius 3 is 2.53 bits per heavy atom. The van der Waals surface area contributed by atoms with Crippen molar-refractivity contribution in [1.29, 1.82) is 0 Å². The number of nitrogens with one attached hydrogen (secondary N) is 1. The number of nitrogens with zero attached hydrogens (tertiary/aromatic N) is 1. The van der Waals surface area contributed by atoms with Crippen molar-refractivity contribution in [3.8, 4) is 0 Å². The Morgan fingerprint density at radius 2 is 2.00 bits per heavy atom. The number of rotatable bonds is 2. The van der Waals surface area contributed by atoms with Gasteiger partial charge in [-0.3, -0.25) is 4.79 Å². The number of nitrogens with two attached hydrogens (primary N) is 1. The third-order valence-electron chi connectivity index (χ3n) is 1.96. The summed E-state index contributed by atoms with van der Waals surface area (Å²) in [6, 6.07) is 4.81. The smallest absolute Gasteiger partial charge is 0.292 e. The van der Waals surface area contributed by atoms with Crippen molar-refractivity contribution >= 4 is 40.8 Å². The van der Waals surface area contributed by atoms with Crippen molar-refractivity contribution in [2.24, 2.45) is 0 Å². The van der Waals surface area contributed by atoms with E-state index in [2.05, 4.69) is 10.3 Å². The molecular weight excluding hydrogens is 265 g/mol. The molecule has 0 fully saturated rings. The van der Waals surface area contributed by atoms with Crippen LogP contribution in [0.2, 0.25) is 10.0 Å². The van der Waals surface area contributed by atoms with Gasteiger partial charge in [0.1, 0.15) is 6.26 Å². The van der Waals surface area contributed by atoms with E-state index in [4.69, 9.17) is 33.4 Å². The summed E-state index contributed by atoms with van der Waals surface area (Å²) in [6.07, 6.45) is 1.15. The number of aromatic nitrogens is 1. The molecule has 3 N–H and O–H groups in total. The maximum Gasteiger partial charge on any atom is 0.292 e. The van der Waals surface area contributed by atoms with Gasteiger partial charge < -0.3 is 15.5 Å². The minimum atomic E-state index is -0.500. The normalized spacial score (nSPS) is 10.2. The van der Waals surface area contributed by atoms with E-state index >= 15 is 0 Å². The number of carbonyl (C=O) groups is 1. The third kappa shape index (κ3) is 2.51. The summed E-state index contributed by atoms with van der Waals surface area (Å²) < 4.78 is 4.72. The zero-order valence-electron chi connectivity index (χ0n) is 8.41. The molecule has 1 aromatic carbocycles. The first kappa shape index (κ1) is 11.8. The number of hydrogen-bond acceptors (Lipinski definition) is 4. The number of amides is 1. The lowest BCUT2D eigenvalue weighted by Gasteiger charge is -2.06. The van der Waals surface area contributed by atoms with Crippen LogP contribution in [-0.2, 0) is 0 Å². The highest BCUT2D eigenvalue weighted by Gasteiger charge is 2.14. The Morgan fingerprint density at radius 1 is 1.35 bits per heavy atom. The van der Waals surface area contributed by atoms with Crippen LogP contribution < -0.4 is 11.1 Å². The molecule has 0 aliphatic carbocycles. The Balaban J connectivity index is 2.24. The molecule has 0 unspecified atom stereocenters. The van der Waals surface area contributed by atoms with Gasteiger partial charge in [-0.2, -0.15) is 4.98 Å². The van der Waals surface area contributed by atoms with Crippen LogP contribution in [0.3, 0.4) is 0 Å². The average molecular weight is 272 g/mol. The van der Waals surface area contributed by atoms with Crippen LogP contribution in [0.1, 0.15) is 10.5 Å². The Hall–Kier alpha value is -1.72. The summed E-state index contributed by atoms with van der Waals surface area (Å²) in [5, 5.41) is 3.20. The minimum absolute atomic E-state index is 0.0542. The highest BCUT2D eigenvalue weighted by Crippen LogP contribution is 2.30. The molecule has 1 amide bonds. The predicted molar refractivity (Wildman–Crippen MR) is 65.3 cm³/mol. The number of hydrogen-bond donors (Lipinski definition) is 2. The molecule has 88 valence electrons. The monoisotopic (exact) mass is 271 g/mol. The molecule has 0 saturated heterocycles. The van der Waals surface area contributed by atoms with Crippen LogP contribution in [-0.4, -0.2) is 10.9 Å². The van der Waals surface area contributed by atoms with Crippen LogP contribution in [0.5, 0.6) is 0 Å². The van der Waals surface area contributed by atoms with E-state index in [-0.39, 0.29) is 11.7 Å². The minimum Gasteiger partial charge on any atom is -0.431 e. The van der Waals surface area contributed by atoms with E-state index in [0.717, 1.165) is 6.26 Å². The Bertz CT molecular complexity index is 548. The molecule has 1 heterocycles. The van der Waals surface area contributed by atoms with Crippen molar-refractivity contribution < 1.29 is 9.21 Å². The predicted octanol–water partition coefficient (Wildman–Crippen LogP) is 2.82. The van der Waals surface area contributed by atoms with Crippen LogP contribution in [0, 0.1) is 0 Å². The van der Waals surface area contributed by atoms with Crippen LogP contribution in [0.15, 0.2) is 28.9 Å². The molecule has 0 radical (unpaired) electrons. The molecule has 17 heavy (non-hydrogen) atoms. The highest BCUT2D eigenvalue weighted by atomic mass is 35.5. The zero-order chi connectivity index (χ0) is 12.4. The van der Waals surface area contributed by atoms with E-state index < -0.39 is 5.91 Å². The van der Waals surface area contributed by atoms with Gasteiger partial charge in [-0.15, -0.1) is 0 Å². The maximum absolute atomic E-state index is 11.7. The number of nitrogen functional groups attached to an aromatic ring is 1. The first-order chi connectivity index (χ1) is 8.08. The summed E-state index contributed by atoms with van der Waals surface area (Å²) in [6.45, 7) is 0. The molecule has 2 rings (SSSR count). The van der Waals surface area contributed by atoms with E-state index in [1.807, 2.05) is 0 Å². The quantitative estimate of drug-likeness (QED) is 0.880. The molecule has 0 saturated carbocycles. The average Bonchev–Trinajstić information content (AvgIpc) is 2.70. The molecule has 0 atom stereocenters. The summed E-state index contributed by atoms with van der Waals surface area (Å²) in [5.74, 6) is -0.500. The largest absolute Gasteiger partial charge is 0.431 e. The fraction of sp³-hybridized carbons (Fsp3) is 0. The number of oxazole rings is 1. The van der Waals surface area contributed by atoms with Gasteiger partial charge in [0.2, 0.25) is 0 Å². The summed E-state index contributed by atoms with van der Waals surface area (Å²) in [5.41, 5.74) is 5.64. The van der Waals surface area contributed by atoms with Crippen molar-refractivity contribution in [2.45, 2.75) is 0 Å². The van der Waals surface area contributed by atoms with Crippen LogP contribution in [0.4, 0.5) is 11.7 Å². The van der Waals surface area contributed by atoms with Crippen LogP contribution >= 0.6 is 23.2 Å². The van der Waals surface area contributed by atoms with Crippen LogP contribution in [0.25, 0.3) is 0 Å². The fourth-order valence-electron chi connectivity index (χ4n) is 1.19. The first-order valence-electron chi connectivity index (χ1n) is 4.54. The Kier molecular flexibility index (Phi) is 3.21. The number of para-hydroxylation sites is 1. The first-order valence-corrected chi connectivity index (χ1v) is 5.30. The fourth-order valence-corrected chi connectivity index (χ4v) is 1.68. The Labute approximate surface area is 107 Å². The number of carbonyl (C=O) groups excluding carboxylic acids is 1. The molecular formula is C10H7Cl2N3O2. The molecule has 0 aliphatic rings. The lowest BCUT2D eigenvalue weighted by Crippen LogP contribution is -2.13. The van der Waals surface area contributed by atoms with Gasteiger partial charge in [0.05, 0.1) is 15.7 Å². The standard InChI is InChI=1S/C10H7Cl2N3O2/c11-5-2-1-3-6(12)8(5)15-9(16)7-4-17-10(13)14-7/h1-4H,(H2,13,14)(H,15,16). The number of benzene rings is 1. The highest BCUT2D eigenvalue weighted by molar-refractivity contribution is 6.39. The van der Waals surface area contributed by atoms with E-state index in [9.17, 15) is 4.79 Å². The lowest BCUT2D eigenvalue weighted by atomic mass is 10.3. The van der Waals surface area contributed by atoms with Gasteiger partial charge in [0, 0.05) is 0 Å². The van der Waals surface area contributed by atoms with Crippen molar-refractivity contribution in [3.05, 3.63) is 40.2 Å². The number of anilines is 2. The maximum atomic E-state index is 11.7. The lowest BCUT2D eigenvalue weighted by molar-refractivity contribution is 0.102. The number of halogens is 2. The summed E-state index contributed by atoms with van der Waals surface area (Å²) in [7, 11) is 0. The van der Waals surface area contributed by atoms with E-state index in [0.29, 0.717) is 15.7 Å². The third-order valence-corrected chi connectivity index (χ3v) is 2.59. The second-order valence-corrected chi connectivity index (χ2v) is 3.94. The van der Waals surface area contributed by atoms with Gasteiger partial charge in [-0.1, -0.05) is 29.3 Å². The van der Waals surface area contributed by atoms with Gasteiger partial charge in [-0.25, -0.2) is 0 Å². The van der Waals surface area contributed by atoms with E-state index in [1.165, 1.54) is 0 Å². The second-order valence-electron chi connectivity index (χ2n) is 3.12. The summed E-state index contributed by atoms with van der Waals surface area (Å²) in [4.78, 5) is 15.4. The molecule has 0 aliphatic heterocycles. The van der Waals surface area contributed by atoms with Gasteiger partial charge >= 0.3 is 0 Å². The zero-order valence-corrected chi connectivity index (χ0v) is 9.92. The van der Waals surface area contributed by atoms with Gasteiger partial charge in [0.15, 0.2) is 5.69 Å². The second kappa shape index (κ2) is 4.65. The van der Waals surface area contributed by atoms with E-state index in [1.54, 1.807) is 18.2 Å². The molecule has 5 nitrogen and oxygen atoms in total. The van der Waals surface area contributed by atoms with Gasteiger partial charge in [0.25, 0.3) is 11.9 Å². The molecule has 0 bridgehead atoms. The van der Waals surface area contributed by atoms with Crippen molar-refractivity contribution in [2.75, 3.05) is 11.1 Å². The summed E-state index contributed by atoms with van der Waals surface area (Å²) >= 11 is 11.8. The van der Waals surface area contributed by atoms with Crippen molar-refractivity contribution in [3.63, 3.8) is 0 Å². The van der Waals surface area contributed by atoms with Crippen molar-refractivity contribution in [1.82, 2.24) is 4.98 Å². The molecule has 2 aromatic rings. The SMILES string of the molecule is Nc1nc(C(=O)Nc2c(Cl)cccc2Cl)co1. The molecule has 7 heteroatoms. The molecule has 0 spiro atoms. The molecule has 1 aromatic heterocycles. The topological polar surface area (TPSA) is 81.1 Å². The van der Waals surface area contributed by atoms with Gasteiger partial charge in [-0.05, 0) is 12.1 Å².